The highest BCUT2D eigenvalue weighted by atomic mass is 16.4. The van der Waals surface area contributed by atoms with E-state index < -0.39 is 11.9 Å². The molecule has 0 bridgehead atoms. The first-order valence-corrected chi connectivity index (χ1v) is 8.32. The van der Waals surface area contributed by atoms with Crippen molar-refractivity contribution >= 4 is 5.97 Å². The number of carboxylic acid groups (broad SMARTS) is 1. The Bertz CT molecular complexity index is 739. The molecule has 0 saturated heterocycles. The van der Waals surface area contributed by atoms with E-state index in [0.29, 0.717) is 5.92 Å². The zero-order chi connectivity index (χ0) is 16.8. The fraction of sp³-hybridized carbons (Fsp3) is 0.350. The van der Waals surface area contributed by atoms with Crippen LogP contribution in [0.5, 0.6) is 0 Å². The summed E-state index contributed by atoms with van der Waals surface area (Å²) in [7, 11) is 0. The van der Waals surface area contributed by atoms with Gasteiger partial charge in [-0.3, -0.25) is 4.79 Å². The van der Waals surface area contributed by atoms with E-state index in [4.69, 9.17) is 0 Å². The van der Waals surface area contributed by atoms with E-state index in [0.717, 1.165) is 36.0 Å². The van der Waals surface area contributed by atoms with E-state index >= 15 is 0 Å². The van der Waals surface area contributed by atoms with Gasteiger partial charge in [0.25, 0.3) is 0 Å². The summed E-state index contributed by atoms with van der Waals surface area (Å²) < 4.78 is 0. The van der Waals surface area contributed by atoms with Crippen LogP contribution in [0.15, 0.2) is 43.0 Å². The number of rotatable bonds is 4. The van der Waals surface area contributed by atoms with Gasteiger partial charge in [0.2, 0.25) is 0 Å². The molecule has 1 aliphatic carbocycles. The lowest BCUT2D eigenvalue weighted by Crippen LogP contribution is -2.15. The number of aliphatic carboxylic acids is 1. The maximum Gasteiger partial charge on any atom is 0.310 e. The van der Waals surface area contributed by atoms with Crippen LogP contribution < -0.4 is 0 Å². The van der Waals surface area contributed by atoms with Crippen LogP contribution in [0.25, 0.3) is 0 Å². The molecule has 4 nitrogen and oxygen atoms in total. The van der Waals surface area contributed by atoms with Gasteiger partial charge in [-0.2, -0.15) is 0 Å². The minimum atomic E-state index is -0.734. The molecule has 0 aliphatic heterocycles. The van der Waals surface area contributed by atoms with Crippen molar-refractivity contribution in [3.8, 4) is 11.8 Å². The summed E-state index contributed by atoms with van der Waals surface area (Å²) >= 11 is 0. The highest BCUT2D eigenvalue weighted by Gasteiger charge is 2.26. The molecule has 0 radical (unpaired) electrons. The maximum absolute atomic E-state index is 11.6. The molecule has 1 saturated carbocycles. The van der Waals surface area contributed by atoms with Crippen LogP contribution in [0.1, 0.15) is 54.7 Å². The normalized spacial score (nSPS) is 15.5. The van der Waals surface area contributed by atoms with Gasteiger partial charge in [0.1, 0.15) is 6.33 Å². The van der Waals surface area contributed by atoms with Crippen molar-refractivity contribution in [1.82, 2.24) is 9.97 Å². The molecular formula is C20H20N2O2. The highest BCUT2D eigenvalue weighted by Crippen LogP contribution is 2.34. The average molecular weight is 320 g/mol. The van der Waals surface area contributed by atoms with Crippen LogP contribution in [0.3, 0.4) is 0 Å². The Labute approximate surface area is 142 Å². The van der Waals surface area contributed by atoms with E-state index in [2.05, 4.69) is 21.8 Å². The number of hydrogen-bond donors (Lipinski definition) is 1. The van der Waals surface area contributed by atoms with Gasteiger partial charge in [0.15, 0.2) is 0 Å². The zero-order valence-corrected chi connectivity index (χ0v) is 13.5. The molecule has 0 amide bonds. The molecule has 1 atom stereocenters. The molecule has 0 spiro atoms. The Kier molecular flexibility index (Phi) is 5.22. The first kappa shape index (κ1) is 16.2. The molecule has 1 aliphatic rings. The van der Waals surface area contributed by atoms with Crippen LogP contribution in [0.2, 0.25) is 0 Å². The lowest BCUT2D eigenvalue weighted by atomic mass is 9.87. The first-order chi connectivity index (χ1) is 11.7. The highest BCUT2D eigenvalue weighted by molar-refractivity contribution is 5.76. The third-order valence-corrected chi connectivity index (χ3v) is 4.57. The molecule has 1 aromatic carbocycles. The number of aromatic nitrogens is 2. The van der Waals surface area contributed by atoms with Crippen LogP contribution >= 0.6 is 0 Å². The van der Waals surface area contributed by atoms with E-state index in [1.54, 1.807) is 12.4 Å². The average Bonchev–Trinajstić information content (AvgIpc) is 3.12. The van der Waals surface area contributed by atoms with Gasteiger partial charge in [0, 0.05) is 18.0 Å². The predicted octanol–water partition coefficient (Wildman–Crippen LogP) is 3.62. The molecular weight excluding hydrogens is 300 g/mol. The monoisotopic (exact) mass is 320 g/mol. The van der Waals surface area contributed by atoms with Gasteiger partial charge in [0.05, 0.1) is 11.5 Å². The summed E-state index contributed by atoms with van der Waals surface area (Å²) in [6, 6.07) is 7.55. The third kappa shape index (κ3) is 4.20. The summed E-state index contributed by atoms with van der Waals surface area (Å²) in [4.78, 5) is 19.5. The lowest BCUT2D eigenvalue weighted by molar-refractivity contribution is -0.139. The lowest BCUT2D eigenvalue weighted by Gasteiger charge is -2.17. The van der Waals surface area contributed by atoms with Crippen molar-refractivity contribution in [1.29, 1.82) is 0 Å². The van der Waals surface area contributed by atoms with Crippen molar-refractivity contribution in [2.75, 3.05) is 0 Å². The summed E-state index contributed by atoms with van der Waals surface area (Å²) in [6.45, 7) is 0. The minimum Gasteiger partial charge on any atom is -0.481 e. The summed E-state index contributed by atoms with van der Waals surface area (Å²) in [5.41, 5.74) is 2.47. The van der Waals surface area contributed by atoms with Gasteiger partial charge >= 0.3 is 5.97 Å². The molecule has 122 valence electrons. The number of carbonyl (C=O) groups is 1. The van der Waals surface area contributed by atoms with Crippen LogP contribution in [0.4, 0.5) is 0 Å². The van der Waals surface area contributed by atoms with Crippen molar-refractivity contribution in [2.24, 2.45) is 5.92 Å². The summed E-state index contributed by atoms with van der Waals surface area (Å²) in [5, 5.41) is 9.57. The first-order valence-electron chi connectivity index (χ1n) is 8.32. The van der Waals surface area contributed by atoms with Gasteiger partial charge < -0.3 is 5.11 Å². The summed E-state index contributed by atoms with van der Waals surface area (Å²) in [5.74, 6) is 5.44. The van der Waals surface area contributed by atoms with Gasteiger partial charge in [-0.1, -0.05) is 49.7 Å². The van der Waals surface area contributed by atoms with Gasteiger partial charge in [-0.15, -0.1) is 0 Å². The van der Waals surface area contributed by atoms with Crippen LogP contribution in [-0.4, -0.2) is 21.0 Å². The SMILES string of the molecule is O=C(O)C(CC1CCCC1)c1ccc(C#Cc2cncnc2)cc1. The van der Waals surface area contributed by atoms with Crippen molar-refractivity contribution in [3.63, 3.8) is 0 Å². The van der Waals surface area contributed by atoms with Crippen molar-refractivity contribution in [2.45, 2.75) is 38.0 Å². The largest absolute Gasteiger partial charge is 0.481 e. The van der Waals surface area contributed by atoms with Crippen molar-refractivity contribution < 1.29 is 9.90 Å². The fourth-order valence-corrected chi connectivity index (χ4v) is 3.27. The topological polar surface area (TPSA) is 63.1 Å². The summed E-state index contributed by atoms with van der Waals surface area (Å²) in [6.07, 6.45) is 10.3. The zero-order valence-electron chi connectivity index (χ0n) is 13.5. The number of benzene rings is 1. The number of nitrogens with zero attached hydrogens (tertiary/aromatic N) is 2. The van der Waals surface area contributed by atoms with Crippen LogP contribution in [0, 0.1) is 17.8 Å². The van der Waals surface area contributed by atoms with Gasteiger partial charge in [-0.05, 0) is 30.0 Å². The molecule has 1 fully saturated rings. The minimum absolute atomic E-state index is 0.419. The molecule has 1 heterocycles. The van der Waals surface area contributed by atoms with Gasteiger partial charge in [-0.25, -0.2) is 9.97 Å². The molecule has 1 unspecified atom stereocenters. The smallest absolute Gasteiger partial charge is 0.310 e. The molecule has 4 heteroatoms. The molecule has 2 aromatic rings. The second kappa shape index (κ2) is 7.74. The molecule has 24 heavy (non-hydrogen) atoms. The van der Waals surface area contributed by atoms with Crippen LogP contribution in [-0.2, 0) is 4.79 Å². The molecule has 3 rings (SSSR count). The Morgan fingerprint density at radius 2 is 1.71 bits per heavy atom. The molecule has 1 N–H and O–H groups in total. The van der Waals surface area contributed by atoms with E-state index in [1.807, 2.05) is 24.3 Å². The standard InChI is InChI=1S/C20H20N2O2/c23-20(24)19(11-16-3-1-2-4-16)18-9-7-15(8-10-18)5-6-17-12-21-14-22-13-17/h7-10,12-14,16,19H,1-4,11H2,(H,23,24). The second-order valence-electron chi connectivity index (χ2n) is 6.28. The fourth-order valence-electron chi connectivity index (χ4n) is 3.27. The number of hydrogen-bond acceptors (Lipinski definition) is 3. The maximum atomic E-state index is 11.6. The predicted molar refractivity (Wildman–Crippen MR) is 91.4 cm³/mol. The van der Waals surface area contributed by atoms with E-state index in [1.165, 1.54) is 19.2 Å². The number of carboxylic acids is 1. The molecule has 1 aromatic heterocycles. The Hall–Kier alpha value is -2.67. The second-order valence-corrected chi connectivity index (χ2v) is 6.28. The Balaban J connectivity index is 1.72. The Morgan fingerprint density at radius 3 is 2.33 bits per heavy atom. The van der Waals surface area contributed by atoms with E-state index in [9.17, 15) is 9.90 Å². The van der Waals surface area contributed by atoms with E-state index in [-0.39, 0.29) is 0 Å². The Morgan fingerprint density at radius 1 is 1.08 bits per heavy atom. The van der Waals surface area contributed by atoms with Crippen molar-refractivity contribution in [3.05, 3.63) is 59.7 Å². The third-order valence-electron chi connectivity index (χ3n) is 4.57. The quantitative estimate of drug-likeness (QED) is 0.874.